The summed E-state index contributed by atoms with van der Waals surface area (Å²) >= 11 is 0. The van der Waals surface area contributed by atoms with Gasteiger partial charge in [0, 0.05) is 25.5 Å². The monoisotopic (exact) mass is 345 g/mol. The topological polar surface area (TPSA) is 63.7 Å². The molecule has 25 heavy (non-hydrogen) atoms. The van der Waals surface area contributed by atoms with E-state index in [0.717, 1.165) is 57.4 Å². The first-order valence-corrected chi connectivity index (χ1v) is 9.51. The van der Waals surface area contributed by atoms with Gasteiger partial charge in [0.2, 0.25) is 0 Å². The zero-order chi connectivity index (χ0) is 17.1. The van der Waals surface area contributed by atoms with Crippen molar-refractivity contribution in [1.29, 1.82) is 0 Å². The molecule has 136 valence electrons. The van der Waals surface area contributed by atoms with Crippen LogP contribution >= 0.6 is 0 Å². The molecule has 0 spiro atoms. The molecule has 6 nitrogen and oxygen atoms in total. The molecule has 0 saturated carbocycles. The van der Waals surface area contributed by atoms with Crippen molar-refractivity contribution in [1.82, 2.24) is 9.88 Å². The van der Waals surface area contributed by atoms with Crippen LogP contribution in [0.5, 0.6) is 0 Å². The summed E-state index contributed by atoms with van der Waals surface area (Å²) in [5, 5.41) is 3.00. The number of hydrogen-bond acceptors (Lipinski definition) is 4. The van der Waals surface area contributed by atoms with E-state index in [1.165, 1.54) is 5.56 Å². The largest absolute Gasteiger partial charge is 0.381 e. The molecule has 3 heterocycles. The van der Waals surface area contributed by atoms with E-state index in [4.69, 9.17) is 9.47 Å². The summed E-state index contributed by atoms with van der Waals surface area (Å²) in [6.07, 6.45) is 6.44. The number of rotatable bonds is 3. The average molecular weight is 345 g/mol. The van der Waals surface area contributed by atoms with E-state index >= 15 is 0 Å². The first-order valence-electron chi connectivity index (χ1n) is 9.51. The van der Waals surface area contributed by atoms with Crippen LogP contribution in [-0.4, -0.2) is 54.9 Å². The number of carbonyl (C=O) groups excluding carboxylic acids is 1. The number of morpholine rings is 1. The molecule has 3 aliphatic rings. The van der Waals surface area contributed by atoms with Gasteiger partial charge in [-0.15, -0.1) is 0 Å². The second-order valence-electron chi connectivity index (χ2n) is 7.30. The highest BCUT2D eigenvalue weighted by molar-refractivity contribution is 5.88. The lowest BCUT2D eigenvalue weighted by Gasteiger charge is -2.38. The van der Waals surface area contributed by atoms with Crippen LogP contribution < -0.4 is 5.32 Å². The van der Waals surface area contributed by atoms with Crippen LogP contribution in [0.25, 0.3) is 0 Å². The molecular weight excluding hydrogens is 318 g/mol. The number of anilines is 1. The Morgan fingerprint density at radius 2 is 2.08 bits per heavy atom. The van der Waals surface area contributed by atoms with Crippen molar-refractivity contribution in [2.75, 3.05) is 38.3 Å². The Morgan fingerprint density at radius 1 is 1.20 bits per heavy atom. The molecule has 1 aromatic rings. The molecule has 6 heteroatoms. The molecule has 1 aromatic heterocycles. The third-order valence-corrected chi connectivity index (χ3v) is 5.60. The van der Waals surface area contributed by atoms with Crippen LogP contribution in [0.3, 0.4) is 0 Å². The van der Waals surface area contributed by atoms with Crippen molar-refractivity contribution in [3.8, 4) is 0 Å². The van der Waals surface area contributed by atoms with E-state index in [1.54, 1.807) is 0 Å². The Hall–Kier alpha value is -1.66. The maximum Gasteiger partial charge on any atom is 0.323 e. The zero-order valence-corrected chi connectivity index (χ0v) is 14.7. The molecule has 0 aromatic carbocycles. The number of fused-ring (bicyclic) bond motifs is 1. The highest BCUT2D eigenvalue weighted by Crippen LogP contribution is 2.25. The fraction of sp³-hybridized carbons (Fsp3) is 0.684. The molecule has 1 unspecified atom stereocenters. The number of amides is 2. The van der Waals surface area contributed by atoms with E-state index in [1.807, 2.05) is 11.0 Å². The lowest BCUT2D eigenvalue weighted by molar-refractivity contribution is -0.00506. The quantitative estimate of drug-likeness (QED) is 0.915. The number of nitrogens with one attached hydrogen (secondary N) is 1. The van der Waals surface area contributed by atoms with Gasteiger partial charge >= 0.3 is 6.03 Å². The van der Waals surface area contributed by atoms with Crippen molar-refractivity contribution in [3.63, 3.8) is 0 Å². The SMILES string of the molecule is O=C(Nc1ccc2c(n1)CCC2)N1CCOCC1CC1CCOCC1. The Kier molecular flexibility index (Phi) is 5.17. The minimum Gasteiger partial charge on any atom is -0.381 e. The van der Waals surface area contributed by atoms with Crippen LogP contribution in [0.2, 0.25) is 0 Å². The molecule has 1 N–H and O–H groups in total. The maximum atomic E-state index is 12.8. The van der Waals surface area contributed by atoms with Crippen LogP contribution in [0.15, 0.2) is 12.1 Å². The van der Waals surface area contributed by atoms with Gasteiger partial charge in [-0.05, 0) is 56.1 Å². The number of pyridine rings is 1. The van der Waals surface area contributed by atoms with Gasteiger partial charge < -0.3 is 14.4 Å². The average Bonchev–Trinajstić information content (AvgIpc) is 3.11. The normalized spacial score (nSPS) is 24.2. The fourth-order valence-corrected chi connectivity index (χ4v) is 4.16. The van der Waals surface area contributed by atoms with Gasteiger partial charge in [0.05, 0.1) is 19.3 Å². The molecule has 0 radical (unpaired) electrons. The van der Waals surface area contributed by atoms with Gasteiger partial charge in [-0.3, -0.25) is 5.32 Å². The van der Waals surface area contributed by atoms with Crippen LogP contribution in [0, 0.1) is 5.92 Å². The lowest BCUT2D eigenvalue weighted by atomic mass is 9.92. The van der Waals surface area contributed by atoms with Gasteiger partial charge in [-0.25, -0.2) is 9.78 Å². The molecule has 2 aliphatic heterocycles. The Morgan fingerprint density at radius 3 is 2.96 bits per heavy atom. The molecule has 0 bridgehead atoms. The second kappa shape index (κ2) is 7.70. The minimum absolute atomic E-state index is 0.0502. The molecular formula is C19H27N3O3. The number of nitrogens with zero attached hydrogens (tertiary/aromatic N) is 2. The highest BCUT2D eigenvalue weighted by Gasteiger charge is 2.30. The standard InChI is InChI=1S/C19H27N3O3/c23-19(21-18-5-4-15-2-1-3-17(15)20-18)22-8-11-25-13-16(22)12-14-6-9-24-10-7-14/h4-5,14,16H,1-3,6-13H2,(H,20,21,23). The van der Waals surface area contributed by atoms with E-state index < -0.39 is 0 Å². The summed E-state index contributed by atoms with van der Waals surface area (Å²) in [6.45, 7) is 3.55. The van der Waals surface area contributed by atoms with Gasteiger partial charge in [0.1, 0.15) is 5.82 Å². The summed E-state index contributed by atoms with van der Waals surface area (Å²) in [6, 6.07) is 4.12. The third-order valence-electron chi connectivity index (χ3n) is 5.60. The van der Waals surface area contributed by atoms with Crippen molar-refractivity contribution in [3.05, 3.63) is 23.4 Å². The number of carbonyl (C=O) groups is 1. The zero-order valence-electron chi connectivity index (χ0n) is 14.7. The van der Waals surface area contributed by atoms with Crippen LogP contribution in [-0.2, 0) is 22.3 Å². The van der Waals surface area contributed by atoms with Gasteiger partial charge in [-0.2, -0.15) is 0 Å². The summed E-state index contributed by atoms with van der Waals surface area (Å²) in [5.41, 5.74) is 2.46. The predicted octanol–water partition coefficient (Wildman–Crippen LogP) is 2.62. The molecule has 2 fully saturated rings. The summed E-state index contributed by atoms with van der Waals surface area (Å²) in [5.74, 6) is 1.29. The number of hydrogen-bond donors (Lipinski definition) is 1. The molecule has 1 atom stereocenters. The highest BCUT2D eigenvalue weighted by atomic mass is 16.5. The molecule has 2 amide bonds. The lowest BCUT2D eigenvalue weighted by Crippen LogP contribution is -2.51. The second-order valence-corrected chi connectivity index (χ2v) is 7.30. The number of aromatic nitrogens is 1. The Labute approximate surface area is 148 Å². The van der Waals surface area contributed by atoms with Crippen molar-refractivity contribution in [2.45, 2.75) is 44.6 Å². The van der Waals surface area contributed by atoms with E-state index in [2.05, 4.69) is 16.4 Å². The molecule has 2 saturated heterocycles. The van der Waals surface area contributed by atoms with E-state index in [0.29, 0.717) is 31.5 Å². The molecule has 4 rings (SSSR count). The van der Waals surface area contributed by atoms with Crippen molar-refractivity contribution >= 4 is 11.8 Å². The summed E-state index contributed by atoms with van der Waals surface area (Å²) < 4.78 is 11.1. The number of aryl methyl sites for hydroxylation is 2. The fourth-order valence-electron chi connectivity index (χ4n) is 4.16. The van der Waals surface area contributed by atoms with Crippen LogP contribution in [0.4, 0.5) is 10.6 Å². The van der Waals surface area contributed by atoms with Crippen LogP contribution in [0.1, 0.15) is 36.9 Å². The Balaban J connectivity index is 1.40. The predicted molar refractivity (Wildman–Crippen MR) is 94.8 cm³/mol. The van der Waals surface area contributed by atoms with E-state index in [-0.39, 0.29) is 12.1 Å². The third kappa shape index (κ3) is 3.96. The van der Waals surface area contributed by atoms with Gasteiger partial charge in [-0.1, -0.05) is 6.07 Å². The smallest absolute Gasteiger partial charge is 0.323 e. The summed E-state index contributed by atoms with van der Waals surface area (Å²) in [7, 11) is 0. The first kappa shape index (κ1) is 16.8. The van der Waals surface area contributed by atoms with Crippen molar-refractivity contribution in [2.24, 2.45) is 5.92 Å². The Bertz CT molecular complexity index is 616. The maximum absolute atomic E-state index is 12.8. The number of urea groups is 1. The number of ether oxygens (including phenoxy) is 2. The van der Waals surface area contributed by atoms with Gasteiger partial charge in [0.25, 0.3) is 0 Å². The first-order chi connectivity index (χ1) is 12.3. The van der Waals surface area contributed by atoms with E-state index in [9.17, 15) is 4.79 Å². The summed E-state index contributed by atoms with van der Waals surface area (Å²) in [4.78, 5) is 19.4. The van der Waals surface area contributed by atoms with Gasteiger partial charge in [0.15, 0.2) is 0 Å². The molecule has 1 aliphatic carbocycles. The minimum atomic E-state index is -0.0502. The van der Waals surface area contributed by atoms with Crippen molar-refractivity contribution < 1.29 is 14.3 Å².